The Morgan fingerprint density at radius 1 is 1.15 bits per heavy atom. The zero-order valence-corrected chi connectivity index (χ0v) is 22.4. The van der Waals surface area contributed by atoms with E-state index >= 15 is 0 Å². The van der Waals surface area contributed by atoms with E-state index in [2.05, 4.69) is 20.7 Å². The van der Waals surface area contributed by atoms with Crippen LogP contribution >= 0.6 is 0 Å². The topological polar surface area (TPSA) is 107 Å². The number of rotatable bonds is 9. The van der Waals surface area contributed by atoms with Gasteiger partial charge in [0.2, 0.25) is 5.92 Å². The van der Waals surface area contributed by atoms with Crippen molar-refractivity contribution in [3.8, 4) is 0 Å². The van der Waals surface area contributed by atoms with Crippen LogP contribution in [0.3, 0.4) is 0 Å². The van der Waals surface area contributed by atoms with Crippen LogP contribution in [-0.2, 0) is 4.74 Å². The van der Waals surface area contributed by atoms with Gasteiger partial charge in [-0.15, -0.1) is 0 Å². The molecule has 4 rings (SSSR count). The van der Waals surface area contributed by atoms with Gasteiger partial charge >= 0.3 is 12.3 Å². The number of hydrogen-bond donors (Lipinski definition) is 3. The number of nitrogens with zero attached hydrogens (tertiary/aromatic N) is 3. The third-order valence-corrected chi connectivity index (χ3v) is 7.28. The summed E-state index contributed by atoms with van der Waals surface area (Å²) in [6.07, 6.45) is -0.252. The minimum atomic E-state index is -4.44. The molecule has 4 N–H and O–H groups in total. The first-order valence-corrected chi connectivity index (χ1v) is 13.4. The molecule has 3 atom stereocenters. The third-order valence-electron chi connectivity index (χ3n) is 7.28. The SMILES string of the molecule is CC(C)(C)OC(=O)N[C@H](c1cn2ncc([C@H](NCCC(N)C(F)(F)F)C3CC3)cc2n1)C1CCC(F)(F)CC1. The Labute approximate surface area is 224 Å². The van der Waals surface area contributed by atoms with Gasteiger partial charge < -0.3 is 21.1 Å². The highest BCUT2D eigenvalue weighted by molar-refractivity contribution is 5.68. The number of halogens is 5. The summed E-state index contributed by atoms with van der Waals surface area (Å²) in [6.45, 7) is 5.31. The monoisotopic (exact) mass is 560 g/mol. The molecule has 2 saturated carbocycles. The first kappa shape index (κ1) is 29.4. The van der Waals surface area contributed by atoms with Crippen molar-refractivity contribution in [2.24, 2.45) is 17.6 Å². The maximum absolute atomic E-state index is 13.9. The second-order valence-electron chi connectivity index (χ2n) is 11.8. The summed E-state index contributed by atoms with van der Waals surface area (Å²) in [7, 11) is 0. The van der Waals surface area contributed by atoms with Gasteiger partial charge in [-0.3, -0.25) is 0 Å². The summed E-state index contributed by atoms with van der Waals surface area (Å²) in [4.78, 5) is 17.3. The molecule has 2 fully saturated rings. The Bertz CT molecular complexity index is 1130. The van der Waals surface area contributed by atoms with Crippen molar-refractivity contribution in [3.63, 3.8) is 0 Å². The molecule has 2 aromatic heterocycles. The van der Waals surface area contributed by atoms with Gasteiger partial charge in [0.15, 0.2) is 5.65 Å². The summed E-state index contributed by atoms with van der Waals surface area (Å²) in [5, 5.41) is 10.5. The van der Waals surface area contributed by atoms with Crippen LogP contribution in [0.5, 0.6) is 0 Å². The number of amides is 1. The van der Waals surface area contributed by atoms with E-state index in [1.54, 1.807) is 37.7 Å². The van der Waals surface area contributed by atoms with Crippen molar-refractivity contribution < 1.29 is 31.5 Å². The lowest BCUT2D eigenvalue weighted by atomic mass is 9.81. The molecule has 2 aliphatic rings. The highest BCUT2D eigenvalue weighted by atomic mass is 19.4. The van der Waals surface area contributed by atoms with E-state index in [-0.39, 0.29) is 56.5 Å². The number of nitrogens with two attached hydrogens (primary N) is 1. The van der Waals surface area contributed by atoms with E-state index in [4.69, 9.17) is 10.5 Å². The van der Waals surface area contributed by atoms with Crippen LogP contribution < -0.4 is 16.4 Å². The normalized spacial score (nSPS) is 20.9. The van der Waals surface area contributed by atoms with Crippen molar-refractivity contribution in [3.05, 3.63) is 29.7 Å². The smallest absolute Gasteiger partial charge is 0.408 e. The fourth-order valence-electron chi connectivity index (χ4n) is 5.04. The molecule has 0 aliphatic heterocycles. The molecule has 0 bridgehead atoms. The van der Waals surface area contributed by atoms with Gasteiger partial charge in [0.05, 0.1) is 24.1 Å². The highest BCUT2D eigenvalue weighted by Crippen LogP contribution is 2.42. The number of aromatic nitrogens is 3. The van der Waals surface area contributed by atoms with Crippen molar-refractivity contribution in [1.29, 1.82) is 0 Å². The zero-order chi connectivity index (χ0) is 28.6. The summed E-state index contributed by atoms with van der Waals surface area (Å²) in [5.41, 5.74) is 6.26. The molecular formula is C26H37F5N6O2. The number of fused-ring (bicyclic) bond motifs is 1. The number of hydrogen-bond acceptors (Lipinski definition) is 6. The molecule has 1 unspecified atom stereocenters. The average molecular weight is 561 g/mol. The molecule has 0 radical (unpaired) electrons. The minimum Gasteiger partial charge on any atom is -0.444 e. The van der Waals surface area contributed by atoms with Crippen LogP contribution in [0, 0.1) is 11.8 Å². The van der Waals surface area contributed by atoms with Gasteiger partial charge in [-0.25, -0.2) is 23.1 Å². The maximum Gasteiger partial charge on any atom is 0.408 e. The molecule has 1 amide bonds. The molecule has 0 saturated heterocycles. The Morgan fingerprint density at radius 3 is 2.38 bits per heavy atom. The number of alkyl carbamates (subject to hydrolysis) is 1. The maximum atomic E-state index is 13.9. The van der Waals surface area contributed by atoms with Gasteiger partial charge in [0, 0.05) is 18.9 Å². The lowest BCUT2D eigenvalue weighted by Gasteiger charge is -2.33. The number of ether oxygens (including phenoxy) is 1. The molecular weight excluding hydrogens is 523 g/mol. The fraction of sp³-hybridized carbons (Fsp3) is 0.731. The third kappa shape index (κ3) is 8.00. The number of carbonyl (C=O) groups is 1. The predicted molar refractivity (Wildman–Crippen MR) is 134 cm³/mol. The van der Waals surface area contributed by atoms with Crippen molar-refractivity contribution in [1.82, 2.24) is 25.2 Å². The van der Waals surface area contributed by atoms with Crippen LogP contribution in [0.2, 0.25) is 0 Å². The van der Waals surface area contributed by atoms with E-state index in [1.807, 2.05) is 6.07 Å². The first-order chi connectivity index (χ1) is 18.1. The fourth-order valence-corrected chi connectivity index (χ4v) is 5.04. The first-order valence-electron chi connectivity index (χ1n) is 13.4. The second kappa shape index (κ2) is 11.1. The Balaban J connectivity index is 1.54. The number of imidazole rings is 1. The molecule has 13 heteroatoms. The van der Waals surface area contributed by atoms with E-state index in [0.717, 1.165) is 18.4 Å². The molecule has 2 aliphatic carbocycles. The van der Waals surface area contributed by atoms with Gasteiger partial charge in [0.1, 0.15) is 11.6 Å². The van der Waals surface area contributed by atoms with E-state index in [0.29, 0.717) is 11.3 Å². The average Bonchev–Trinajstić information content (AvgIpc) is 3.56. The summed E-state index contributed by atoms with van der Waals surface area (Å²) in [5.74, 6) is -2.71. The van der Waals surface area contributed by atoms with E-state index in [1.165, 1.54) is 0 Å². The molecule has 39 heavy (non-hydrogen) atoms. The van der Waals surface area contributed by atoms with Crippen LogP contribution in [0.1, 0.15) is 89.1 Å². The highest BCUT2D eigenvalue weighted by Gasteiger charge is 2.40. The van der Waals surface area contributed by atoms with Crippen LogP contribution in [-0.4, -0.2) is 51.0 Å². The number of alkyl halides is 5. The molecule has 2 aromatic rings. The van der Waals surface area contributed by atoms with Gasteiger partial charge in [0.25, 0.3) is 0 Å². The lowest BCUT2D eigenvalue weighted by Crippen LogP contribution is -2.40. The van der Waals surface area contributed by atoms with Crippen molar-refractivity contribution in [2.75, 3.05) is 6.54 Å². The van der Waals surface area contributed by atoms with Gasteiger partial charge in [-0.1, -0.05) is 0 Å². The summed E-state index contributed by atoms with van der Waals surface area (Å²) in [6, 6.07) is -0.925. The predicted octanol–water partition coefficient (Wildman–Crippen LogP) is 5.44. The van der Waals surface area contributed by atoms with E-state index < -0.39 is 35.9 Å². The zero-order valence-electron chi connectivity index (χ0n) is 22.4. The Kier molecular flexibility index (Phi) is 8.42. The lowest BCUT2D eigenvalue weighted by molar-refractivity contribution is -0.148. The quantitative estimate of drug-likeness (QED) is 0.353. The molecule has 8 nitrogen and oxygen atoms in total. The minimum absolute atomic E-state index is 0.0981. The Hall–Kier alpha value is -2.54. The Morgan fingerprint density at radius 2 is 1.79 bits per heavy atom. The number of nitrogens with one attached hydrogen (secondary N) is 2. The van der Waals surface area contributed by atoms with Gasteiger partial charge in [-0.2, -0.15) is 18.3 Å². The summed E-state index contributed by atoms with van der Waals surface area (Å²) < 4.78 is 73.1. The van der Waals surface area contributed by atoms with Crippen LogP contribution in [0.25, 0.3) is 5.65 Å². The van der Waals surface area contributed by atoms with Crippen LogP contribution in [0.4, 0.5) is 26.7 Å². The molecule has 2 heterocycles. The molecule has 218 valence electrons. The summed E-state index contributed by atoms with van der Waals surface area (Å²) >= 11 is 0. The second-order valence-corrected chi connectivity index (χ2v) is 11.8. The van der Waals surface area contributed by atoms with E-state index in [9.17, 15) is 26.7 Å². The van der Waals surface area contributed by atoms with Crippen molar-refractivity contribution >= 4 is 11.7 Å². The van der Waals surface area contributed by atoms with Gasteiger partial charge in [-0.05, 0) is 82.9 Å². The molecule has 0 aromatic carbocycles. The standard InChI is InChI=1S/C26H37F5N6O2/c1-24(2,3)39-23(38)36-22(16-6-9-25(27,28)10-7-16)18-14-37-20(35-18)12-17(13-34-37)21(15-4-5-15)33-11-8-19(32)26(29,30)31/h12-16,19,21-22,33H,4-11,32H2,1-3H3,(H,36,38)/t19?,21-,22+/m1/s1. The van der Waals surface area contributed by atoms with Crippen LogP contribution in [0.15, 0.2) is 18.5 Å². The van der Waals surface area contributed by atoms with Crippen molar-refractivity contribution in [2.45, 2.75) is 102 Å². The molecule has 0 spiro atoms. The number of carbonyl (C=O) groups excluding carboxylic acids is 1. The largest absolute Gasteiger partial charge is 0.444 e.